The molecule has 2 fully saturated rings. The molecule has 1 aromatic heterocycles. The van der Waals surface area contributed by atoms with Gasteiger partial charge in [-0.05, 0) is 101 Å². The summed E-state index contributed by atoms with van der Waals surface area (Å²) in [6.45, 7) is 15.5. The van der Waals surface area contributed by atoms with Crippen LogP contribution in [0.4, 0.5) is 20.4 Å². The maximum absolute atomic E-state index is 16.1. The quantitative estimate of drug-likeness (QED) is 0.264. The van der Waals surface area contributed by atoms with Crippen molar-refractivity contribution in [3.63, 3.8) is 0 Å². The van der Waals surface area contributed by atoms with Crippen molar-refractivity contribution in [2.24, 2.45) is 28.3 Å². The van der Waals surface area contributed by atoms with Crippen molar-refractivity contribution >= 4 is 17.7 Å². The maximum atomic E-state index is 16.1. The number of fused-ring (bicyclic) bond motifs is 9. The van der Waals surface area contributed by atoms with Crippen LogP contribution in [0.15, 0.2) is 60.8 Å². The molecule has 4 aliphatic rings. The van der Waals surface area contributed by atoms with Gasteiger partial charge in [-0.25, -0.2) is 24.6 Å². The number of anilines is 2. The fourth-order valence-electron chi connectivity index (χ4n) is 7.02. The van der Waals surface area contributed by atoms with E-state index in [2.05, 4.69) is 52.0 Å². The van der Waals surface area contributed by atoms with Crippen LogP contribution in [0.5, 0.6) is 0 Å². The Hall–Kier alpha value is -4.01. The lowest BCUT2D eigenvalue weighted by Crippen LogP contribution is -2.53. The summed E-state index contributed by atoms with van der Waals surface area (Å²) in [5, 5.41) is 18.6. The number of halogens is 2. The molecule has 1 atom stereocenters. The Kier molecular flexibility index (Phi) is 9.41. The predicted octanol–water partition coefficient (Wildman–Crippen LogP) is 6.88. The molecule has 1 aliphatic carbocycles. The smallest absolute Gasteiger partial charge is 0.276 e. The first-order valence-corrected chi connectivity index (χ1v) is 16.5. The van der Waals surface area contributed by atoms with E-state index >= 15 is 8.78 Å². The fourth-order valence-corrected chi connectivity index (χ4v) is 7.02. The van der Waals surface area contributed by atoms with Gasteiger partial charge in [0, 0.05) is 36.0 Å². The summed E-state index contributed by atoms with van der Waals surface area (Å²) < 4.78 is 32.2. The third-order valence-corrected chi connectivity index (χ3v) is 10.5. The molecule has 0 unspecified atom stereocenters. The maximum Gasteiger partial charge on any atom is 0.276 e. The second kappa shape index (κ2) is 12.9. The largest absolute Gasteiger partial charge is 0.399 e. The van der Waals surface area contributed by atoms with E-state index in [9.17, 15) is 5.26 Å². The summed E-state index contributed by atoms with van der Waals surface area (Å²) in [7, 11) is 0. The Morgan fingerprint density at radius 2 is 1.81 bits per heavy atom. The van der Waals surface area contributed by atoms with Crippen LogP contribution >= 0.6 is 0 Å². The highest BCUT2D eigenvalue weighted by molar-refractivity contribution is 5.76. The summed E-state index contributed by atoms with van der Waals surface area (Å²) in [6, 6.07) is 8.91. The van der Waals surface area contributed by atoms with Crippen molar-refractivity contribution in [1.29, 1.82) is 5.26 Å². The standard InChI is InChI=1S/C36H49F2N9/c1-7-42-31-28-20-29(35(22-39)13-14-35)33(3,4)15-18-47(41)21-30(40)34(5,6)46-16-11-26(12-17-46)36(37,38)27-10-8-9-25(19-27)24(2)45-32(28)44-23-43-31/h7-10,19-21,23-24,26H,1,11-18,40-41H2,2-6H3,(H2,42,43,44,45)/b29-20?,30-21-/t24-/m1/s1. The zero-order valence-corrected chi connectivity index (χ0v) is 28.3. The number of hydrazine groups is 1. The summed E-state index contributed by atoms with van der Waals surface area (Å²) >= 11 is 0. The van der Waals surface area contributed by atoms with Crippen LogP contribution in [0.3, 0.4) is 0 Å². The van der Waals surface area contributed by atoms with Crippen molar-refractivity contribution < 1.29 is 8.78 Å². The van der Waals surface area contributed by atoms with Gasteiger partial charge < -0.3 is 21.4 Å². The van der Waals surface area contributed by atoms with Gasteiger partial charge in [-0.3, -0.25) is 4.90 Å². The Labute approximate surface area is 277 Å². The van der Waals surface area contributed by atoms with Crippen LogP contribution in [0, 0.1) is 28.1 Å². The first-order valence-electron chi connectivity index (χ1n) is 16.5. The molecule has 0 radical (unpaired) electrons. The molecule has 0 spiro atoms. The second-order valence-corrected chi connectivity index (χ2v) is 14.5. The van der Waals surface area contributed by atoms with Crippen molar-refractivity contribution in [2.45, 2.75) is 84.2 Å². The SMILES string of the molecule is C=CNc1ncnc2c1C=C(C1(C#N)CC1)C(C)(C)CCN(N)/C=C(\N)C(C)(C)N1CCC(CC1)C(F)(F)c1cccc(c1)[C@@H](C)N2. The second-order valence-electron chi connectivity index (χ2n) is 14.5. The van der Waals surface area contributed by atoms with Gasteiger partial charge in [0.25, 0.3) is 5.92 Å². The fraction of sp³-hybridized carbons (Fsp3) is 0.528. The van der Waals surface area contributed by atoms with Crippen molar-refractivity contribution in [1.82, 2.24) is 19.9 Å². The number of benzene rings is 1. The Morgan fingerprint density at radius 1 is 1.11 bits per heavy atom. The molecule has 252 valence electrons. The van der Waals surface area contributed by atoms with Crippen molar-refractivity contribution in [2.75, 3.05) is 30.3 Å². The summed E-state index contributed by atoms with van der Waals surface area (Å²) in [6.07, 6.45) is 9.61. The van der Waals surface area contributed by atoms with Gasteiger partial charge in [0.05, 0.1) is 22.6 Å². The lowest BCUT2D eigenvalue weighted by molar-refractivity contribution is -0.0912. The zero-order valence-electron chi connectivity index (χ0n) is 28.3. The Balaban J connectivity index is 1.64. The molecule has 1 saturated heterocycles. The van der Waals surface area contributed by atoms with Crippen LogP contribution in [-0.2, 0) is 5.92 Å². The van der Waals surface area contributed by atoms with E-state index in [1.807, 2.05) is 32.9 Å². The topological polar surface area (TPSA) is 132 Å². The molecule has 0 amide bonds. The van der Waals surface area contributed by atoms with E-state index in [4.69, 9.17) is 11.6 Å². The molecular formula is C36H49F2N9. The normalized spacial score (nSPS) is 27.7. The number of allylic oxidation sites excluding steroid dienone is 1. The van der Waals surface area contributed by atoms with Gasteiger partial charge in [0.2, 0.25) is 0 Å². The molecule has 1 saturated carbocycles. The molecule has 6 rings (SSSR count). The number of nitrogens with one attached hydrogen (secondary N) is 2. The average Bonchev–Trinajstić information content (AvgIpc) is 3.84. The average molecular weight is 646 g/mol. The first kappa shape index (κ1) is 34.3. The Bertz CT molecular complexity index is 1580. The number of piperidine rings is 1. The summed E-state index contributed by atoms with van der Waals surface area (Å²) in [4.78, 5) is 11.2. The van der Waals surface area contributed by atoms with Crippen molar-refractivity contribution in [3.05, 3.63) is 77.5 Å². The van der Waals surface area contributed by atoms with E-state index in [1.54, 1.807) is 29.5 Å². The lowest BCUT2D eigenvalue weighted by Gasteiger charge is -2.44. The monoisotopic (exact) mass is 645 g/mol. The molecule has 4 bridgehead atoms. The van der Waals surface area contributed by atoms with E-state index in [0.29, 0.717) is 61.8 Å². The number of nitrogens with zero attached hydrogens (tertiary/aromatic N) is 5. The number of aromatic nitrogens is 2. The minimum absolute atomic E-state index is 0.0102. The molecule has 11 heteroatoms. The van der Waals surface area contributed by atoms with E-state index in [0.717, 1.165) is 24.0 Å². The predicted molar refractivity (Wildman–Crippen MR) is 183 cm³/mol. The highest BCUT2D eigenvalue weighted by Gasteiger charge is 2.51. The summed E-state index contributed by atoms with van der Waals surface area (Å²) in [5.41, 5.74) is 7.95. The van der Waals surface area contributed by atoms with Crippen LogP contribution < -0.4 is 22.2 Å². The van der Waals surface area contributed by atoms with Crippen LogP contribution in [0.2, 0.25) is 0 Å². The molecule has 6 N–H and O–H groups in total. The van der Waals surface area contributed by atoms with E-state index < -0.39 is 28.2 Å². The van der Waals surface area contributed by atoms with Crippen molar-refractivity contribution in [3.8, 4) is 6.07 Å². The molecule has 2 aromatic rings. The minimum Gasteiger partial charge on any atom is -0.399 e. The number of nitrogens with two attached hydrogens (primary N) is 2. The van der Waals surface area contributed by atoms with E-state index in [-0.39, 0.29) is 11.6 Å². The van der Waals surface area contributed by atoms with Crippen LogP contribution in [0.25, 0.3) is 6.08 Å². The third kappa shape index (κ3) is 6.85. The van der Waals surface area contributed by atoms with Gasteiger partial charge >= 0.3 is 0 Å². The summed E-state index contributed by atoms with van der Waals surface area (Å²) in [5.74, 6) is 3.77. The molecule has 1 aromatic carbocycles. The molecule has 47 heavy (non-hydrogen) atoms. The molecule has 9 nitrogen and oxygen atoms in total. The number of nitriles is 1. The number of alkyl halides is 2. The number of rotatable bonds is 3. The van der Waals surface area contributed by atoms with Crippen LogP contribution in [0.1, 0.15) is 89.5 Å². The minimum atomic E-state index is -3.00. The molecule has 4 heterocycles. The van der Waals surface area contributed by atoms with E-state index in [1.165, 1.54) is 12.4 Å². The zero-order chi connectivity index (χ0) is 34.2. The highest BCUT2D eigenvalue weighted by atomic mass is 19.3. The molecular weight excluding hydrogens is 596 g/mol. The van der Waals surface area contributed by atoms with Crippen LogP contribution in [-0.4, -0.2) is 45.0 Å². The van der Waals surface area contributed by atoms with Gasteiger partial charge in [-0.15, -0.1) is 0 Å². The van der Waals surface area contributed by atoms with Gasteiger partial charge in [0.1, 0.15) is 18.0 Å². The van der Waals surface area contributed by atoms with Gasteiger partial charge in [-0.2, -0.15) is 5.26 Å². The highest BCUT2D eigenvalue weighted by Crippen LogP contribution is 2.58. The number of hydrogen-bond acceptors (Lipinski definition) is 9. The Morgan fingerprint density at radius 3 is 2.45 bits per heavy atom. The molecule has 3 aliphatic heterocycles. The van der Waals surface area contributed by atoms with Gasteiger partial charge in [0.15, 0.2) is 0 Å². The van der Waals surface area contributed by atoms with Gasteiger partial charge in [-0.1, -0.05) is 38.6 Å². The first-order chi connectivity index (χ1) is 22.1. The lowest BCUT2D eigenvalue weighted by atomic mass is 9.72. The number of hydrogen-bond donors (Lipinski definition) is 4. The third-order valence-electron chi connectivity index (χ3n) is 10.5.